The SMILES string of the molecule is CC(C)NCCCCCc1ccc2c(c1)CCC2. The van der Waals surface area contributed by atoms with Crippen molar-refractivity contribution in [3.8, 4) is 0 Å². The summed E-state index contributed by atoms with van der Waals surface area (Å²) in [5, 5.41) is 3.48. The zero-order chi connectivity index (χ0) is 12.8. The van der Waals surface area contributed by atoms with Crippen molar-refractivity contribution in [2.24, 2.45) is 0 Å². The molecule has 0 saturated carbocycles. The summed E-state index contributed by atoms with van der Waals surface area (Å²) in [7, 11) is 0. The van der Waals surface area contributed by atoms with E-state index in [4.69, 9.17) is 0 Å². The first kappa shape index (κ1) is 13.6. The lowest BCUT2D eigenvalue weighted by molar-refractivity contribution is 0.548. The van der Waals surface area contributed by atoms with Gasteiger partial charge in [0.15, 0.2) is 0 Å². The molecule has 1 aliphatic rings. The standard InChI is InChI=1S/C17H27N/c1-14(2)18-12-5-3-4-7-15-10-11-16-8-6-9-17(16)13-15/h10-11,13-14,18H,3-9,12H2,1-2H3. The van der Waals surface area contributed by atoms with Crippen molar-refractivity contribution in [2.75, 3.05) is 6.54 Å². The summed E-state index contributed by atoms with van der Waals surface area (Å²) >= 11 is 0. The van der Waals surface area contributed by atoms with Gasteiger partial charge in [-0.15, -0.1) is 0 Å². The van der Waals surface area contributed by atoms with Crippen LogP contribution in [0.2, 0.25) is 0 Å². The number of rotatable bonds is 7. The molecule has 1 aromatic rings. The third-order valence-electron chi connectivity index (χ3n) is 3.86. The van der Waals surface area contributed by atoms with Crippen LogP contribution in [-0.4, -0.2) is 12.6 Å². The molecule has 0 fully saturated rings. The molecule has 100 valence electrons. The molecular formula is C17H27N. The maximum Gasteiger partial charge on any atom is 0.00103 e. The second-order valence-corrected chi connectivity index (χ2v) is 5.88. The van der Waals surface area contributed by atoms with E-state index in [1.54, 1.807) is 16.7 Å². The Morgan fingerprint density at radius 1 is 1.06 bits per heavy atom. The quantitative estimate of drug-likeness (QED) is 0.719. The number of hydrogen-bond donors (Lipinski definition) is 1. The van der Waals surface area contributed by atoms with Crippen molar-refractivity contribution in [1.29, 1.82) is 0 Å². The van der Waals surface area contributed by atoms with E-state index in [1.165, 1.54) is 51.5 Å². The van der Waals surface area contributed by atoms with Gasteiger partial charge in [0, 0.05) is 6.04 Å². The minimum atomic E-state index is 0.627. The Bertz CT molecular complexity index is 368. The highest BCUT2D eigenvalue weighted by Crippen LogP contribution is 2.23. The minimum Gasteiger partial charge on any atom is -0.315 e. The zero-order valence-corrected chi connectivity index (χ0v) is 12.0. The molecule has 0 aromatic heterocycles. The minimum absolute atomic E-state index is 0.627. The molecule has 0 aliphatic heterocycles. The first-order valence-corrected chi connectivity index (χ1v) is 7.60. The fourth-order valence-corrected chi connectivity index (χ4v) is 2.80. The van der Waals surface area contributed by atoms with Crippen molar-refractivity contribution in [2.45, 2.75) is 64.8 Å². The first-order chi connectivity index (χ1) is 8.75. The third kappa shape index (κ3) is 4.13. The average Bonchev–Trinajstić information content (AvgIpc) is 2.80. The van der Waals surface area contributed by atoms with E-state index in [9.17, 15) is 0 Å². The molecule has 1 heteroatoms. The number of unbranched alkanes of at least 4 members (excludes halogenated alkanes) is 2. The molecule has 0 atom stereocenters. The van der Waals surface area contributed by atoms with Crippen LogP contribution in [-0.2, 0) is 19.3 Å². The summed E-state index contributed by atoms with van der Waals surface area (Å²) in [4.78, 5) is 0. The van der Waals surface area contributed by atoms with E-state index < -0.39 is 0 Å². The van der Waals surface area contributed by atoms with Gasteiger partial charge in [0.05, 0.1) is 0 Å². The van der Waals surface area contributed by atoms with Crippen molar-refractivity contribution < 1.29 is 0 Å². The summed E-state index contributed by atoms with van der Waals surface area (Å²) in [5.74, 6) is 0. The number of benzene rings is 1. The number of nitrogens with one attached hydrogen (secondary N) is 1. The first-order valence-electron chi connectivity index (χ1n) is 7.60. The van der Waals surface area contributed by atoms with Gasteiger partial charge < -0.3 is 5.32 Å². The second kappa shape index (κ2) is 6.94. The average molecular weight is 245 g/mol. The van der Waals surface area contributed by atoms with Gasteiger partial charge in [0.25, 0.3) is 0 Å². The molecule has 1 aliphatic carbocycles. The predicted molar refractivity (Wildman–Crippen MR) is 79.2 cm³/mol. The highest BCUT2D eigenvalue weighted by atomic mass is 14.9. The van der Waals surface area contributed by atoms with E-state index >= 15 is 0 Å². The number of aryl methyl sites for hydroxylation is 3. The summed E-state index contributed by atoms with van der Waals surface area (Å²) < 4.78 is 0. The van der Waals surface area contributed by atoms with E-state index in [1.807, 2.05) is 0 Å². The third-order valence-corrected chi connectivity index (χ3v) is 3.86. The number of hydrogen-bond acceptors (Lipinski definition) is 1. The molecule has 2 rings (SSSR count). The Kier molecular flexibility index (Phi) is 5.25. The molecule has 1 N–H and O–H groups in total. The van der Waals surface area contributed by atoms with Gasteiger partial charge in [-0.1, -0.05) is 38.5 Å². The molecule has 1 aromatic carbocycles. The predicted octanol–water partition coefficient (Wildman–Crippen LogP) is 3.89. The van der Waals surface area contributed by atoms with Crippen molar-refractivity contribution in [3.05, 3.63) is 34.9 Å². The van der Waals surface area contributed by atoms with E-state index in [-0.39, 0.29) is 0 Å². The lowest BCUT2D eigenvalue weighted by Crippen LogP contribution is -2.23. The van der Waals surface area contributed by atoms with Crippen LogP contribution in [0.5, 0.6) is 0 Å². The molecule has 0 unspecified atom stereocenters. The normalized spacial score (nSPS) is 14.2. The lowest BCUT2D eigenvalue weighted by Gasteiger charge is -2.08. The molecule has 0 radical (unpaired) electrons. The van der Waals surface area contributed by atoms with Crippen molar-refractivity contribution >= 4 is 0 Å². The monoisotopic (exact) mass is 245 g/mol. The zero-order valence-electron chi connectivity index (χ0n) is 12.0. The van der Waals surface area contributed by atoms with Gasteiger partial charge in [-0.2, -0.15) is 0 Å². The van der Waals surface area contributed by atoms with Gasteiger partial charge in [-0.3, -0.25) is 0 Å². The summed E-state index contributed by atoms with van der Waals surface area (Å²) in [6.45, 7) is 5.59. The summed E-state index contributed by atoms with van der Waals surface area (Å²) in [6, 6.07) is 7.78. The Hall–Kier alpha value is -0.820. The summed E-state index contributed by atoms with van der Waals surface area (Å²) in [5.41, 5.74) is 4.77. The van der Waals surface area contributed by atoms with Gasteiger partial charge >= 0.3 is 0 Å². The molecule has 0 heterocycles. The van der Waals surface area contributed by atoms with Crippen molar-refractivity contribution in [1.82, 2.24) is 5.32 Å². The Morgan fingerprint density at radius 3 is 2.72 bits per heavy atom. The largest absolute Gasteiger partial charge is 0.315 e. The second-order valence-electron chi connectivity index (χ2n) is 5.88. The van der Waals surface area contributed by atoms with Crippen LogP contribution in [0.1, 0.15) is 56.2 Å². The van der Waals surface area contributed by atoms with Crippen LogP contribution in [0.25, 0.3) is 0 Å². The Balaban J connectivity index is 1.65. The van der Waals surface area contributed by atoms with E-state index in [0.29, 0.717) is 6.04 Å². The topological polar surface area (TPSA) is 12.0 Å². The van der Waals surface area contributed by atoms with Gasteiger partial charge in [0.1, 0.15) is 0 Å². The molecular weight excluding hydrogens is 218 g/mol. The fraction of sp³-hybridized carbons (Fsp3) is 0.647. The van der Waals surface area contributed by atoms with Crippen LogP contribution in [0.3, 0.4) is 0 Å². The van der Waals surface area contributed by atoms with Gasteiger partial charge in [0.2, 0.25) is 0 Å². The Labute approximate surface area is 112 Å². The molecule has 0 bridgehead atoms. The van der Waals surface area contributed by atoms with Crippen LogP contribution in [0.4, 0.5) is 0 Å². The highest BCUT2D eigenvalue weighted by Gasteiger charge is 2.10. The summed E-state index contributed by atoms with van der Waals surface area (Å²) in [6.07, 6.45) is 9.21. The molecule has 0 saturated heterocycles. The van der Waals surface area contributed by atoms with Crippen molar-refractivity contribution in [3.63, 3.8) is 0 Å². The van der Waals surface area contributed by atoms with Gasteiger partial charge in [-0.25, -0.2) is 0 Å². The Morgan fingerprint density at radius 2 is 1.89 bits per heavy atom. The molecule has 0 amide bonds. The van der Waals surface area contributed by atoms with Crippen LogP contribution in [0.15, 0.2) is 18.2 Å². The highest BCUT2D eigenvalue weighted by molar-refractivity contribution is 5.35. The number of fused-ring (bicyclic) bond motifs is 1. The fourth-order valence-electron chi connectivity index (χ4n) is 2.80. The maximum atomic E-state index is 3.48. The molecule has 0 spiro atoms. The molecule has 1 nitrogen and oxygen atoms in total. The molecule has 18 heavy (non-hydrogen) atoms. The van der Waals surface area contributed by atoms with E-state index in [0.717, 1.165) is 0 Å². The van der Waals surface area contributed by atoms with Gasteiger partial charge in [-0.05, 0) is 61.8 Å². The maximum absolute atomic E-state index is 3.48. The lowest BCUT2D eigenvalue weighted by atomic mass is 10.0. The van der Waals surface area contributed by atoms with Crippen LogP contribution < -0.4 is 5.32 Å². The van der Waals surface area contributed by atoms with Crippen LogP contribution in [0, 0.1) is 0 Å². The van der Waals surface area contributed by atoms with Crippen LogP contribution >= 0.6 is 0 Å². The van der Waals surface area contributed by atoms with E-state index in [2.05, 4.69) is 37.4 Å². The smallest absolute Gasteiger partial charge is 0.00103 e.